The molecular weight excluding hydrogens is 456 g/mol. The van der Waals surface area contributed by atoms with E-state index in [4.69, 9.17) is 15.2 Å². The summed E-state index contributed by atoms with van der Waals surface area (Å²) in [6.45, 7) is 7.40. The molecule has 4 aromatic rings. The van der Waals surface area contributed by atoms with Crippen LogP contribution in [0, 0.1) is 0 Å². The molecule has 8 nitrogen and oxygen atoms in total. The number of primary amides is 1. The number of carbonyl (C=O) groups is 2. The molecule has 1 amide bonds. The van der Waals surface area contributed by atoms with Gasteiger partial charge < -0.3 is 20.1 Å². The van der Waals surface area contributed by atoms with Crippen LogP contribution in [0.15, 0.2) is 54.9 Å². The summed E-state index contributed by atoms with van der Waals surface area (Å²) in [5.41, 5.74) is 7.24. The van der Waals surface area contributed by atoms with Crippen molar-refractivity contribution in [1.82, 2.24) is 14.5 Å². The minimum Gasteiger partial charge on any atom is -0.496 e. The average Bonchev–Trinajstić information content (AvgIpc) is 3.31. The van der Waals surface area contributed by atoms with Gasteiger partial charge in [0, 0.05) is 35.7 Å². The normalized spacial score (nSPS) is 11.3. The number of nitrogens with zero attached hydrogens (tertiary/aromatic N) is 3. The monoisotopic (exact) mass is 488 g/mol. The van der Waals surface area contributed by atoms with Crippen LogP contribution in [0.25, 0.3) is 21.8 Å². The number of fused-ring (bicyclic) bond motifs is 2. The van der Waals surface area contributed by atoms with E-state index in [1.165, 1.54) is 7.11 Å². The van der Waals surface area contributed by atoms with E-state index in [2.05, 4.69) is 23.7 Å². The number of amides is 1. The van der Waals surface area contributed by atoms with Crippen molar-refractivity contribution in [2.24, 2.45) is 5.73 Å². The predicted octanol–water partition coefficient (Wildman–Crippen LogP) is 5.24. The fourth-order valence-electron chi connectivity index (χ4n) is 4.40. The van der Waals surface area contributed by atoms with Gasteiger partial charge in [-0.15, -0.1) is 0 Å². The second-order valence-electron chi connectivity index (χ2n) is 8.63. The minimum absolute atomic E-state index is 0.0891. The van der Waals surface area contributed by atoms with Crippen LogP contribution in [0.2, 0.25) is 0 Å². The zero-order chi connectivity index (χ0) is 25.7. The number of rotatable bonds is 11. The van der Waals surface area contributed by atoms with E-state index in [9.17, 15) is 9.59 Å². The lowest BCUT2D eigenvalue weighted by Gasteiger charge is -2.17. The maximum Gasteiger partial charge on any atom is 0.252 e. The van der Waals surface area contributed by atoms with Crippen LogP contribution in [-0.4, -0.2) is 53.0 Å². The summed E-state index contributed by atoms with van der Waals surface area (Å²) in [5, 5.41) is 1.55. The highest BCUT2D eigenvalue weighted by atomic mass is 16.5. The Morgan fingerprint density at radius 3 is 2.56 bits per heavy atom. The predicted molar refractivity (Wildman–Crippen MR) is 141 cm³/mol. The molecule has 0 bridgehead atoms. The van der Waals surface area contributed by atoms with Gasteiger partial charge >= 0.3 is 0 Å². The maximum atomic E-state index is 12.8. The first-order valence-corrected chi connectivity index (χ1v) is 12.3. The number of ether oxygens (including phenoxy) is 2. The summed E-state index contributed by atoms with van der Waals surface area (Å²) in [5.74, 6) is 1.000. The number of carbonyl (C=O) groups excluding carboxylic acids is 2. The average molecular weight is 489 g/mol. The Labute approximate surface area is 210 Å². The second kappa shape index (κ2) is 11.2. The fourth-order valence-corrected chi connectivity index (χ4v) is 4.40. The van der Waals surface area contributed by atoms with Crippen LogP contribution in [0.1, 0.15) is 48.3 Å². The van der Waals surface area contributed by atoms with Gasteiger partial charge in [0.05, 0.1) is 23.7 Å². The molecule has 36 heavy (non-hydrogen) atoms. The van der Waals surface area contributed by atoms with Crippen molar-refractivity contribution in [3.05, 3.63) is 60.4 Å². The molecule has 0 atom stereocenters. The van der Waals surface area contributed by atoms with Gasteiger partial charge in [-0.05, 0) is 68.9 Å². The number of hydrogen-bond acceptors (Lipinski definition) is 6. The van der Waals surface area contributed by atoms with Gasteiger partial charge in [0.1, 0.15) is 17.2 Å². The molecule has 0 aliphatic rings. The fraction of sp³-hybridized carbons (Fsp3) is 0.321. The van der Waals surface area contributed by atoms with Crippen molar-refractivity contribution in [1.29, 1.82) is 0 Å². The molecule has 0 radical (unpaired) electrons. The van der Waals surface area contributed by atoms with Gasteiger partial charge in [0.15, 0.2) is 0 Å². The van der Waals surface area contributed by atoms with E-state index in [-0.39, 0.29) is 11.5 Å². The Morgan fingerprint density at radius 1 is 1.03 bits per heavy atom. The lowest BCUT2D eigenvalue weighted by atomic mass is 10.1. The summed E-state index contributed by atoms with van der Waals surface area (Å²) < 4.78 is 13.2. The van der Waals surface area contributed by atoms with E-state index in [0.717, 1.165) is 43.4 Å². The summed E-state index contributed by atoms with van der Waals surface area (Å²) in [4.78, 5) is 31.4. The lowest BCUT2D eigenvalue weighted by Crippen LogP contribution is -2.24. The number of methoxy groups -OCH3 is 1. The summed E-state index contributed by atoms with van der Waals surface area (Å²) in [6, 6.07) is 12.6. The van der Waals surface area contributed by atoms with Crippen LogP contribution >= 0.6 is 0 Å². The van der Waals surface area contributed by atoms with Crippen LogP contribution < -0.4 is 15.2 Å². The second-order valence-corrected chi connectivity index (χ2v) is 8.63. The van der Waals surface area contributed by atoms with Crippen molar-refractivity contribution in [3.8, 4) is 17.2 Å². The van der Waals surface area contributed by atoms with Gasteiger partial charge in [0.25, 0.3) is 5.91 Å². The highest BCUT2D eigenvalue weighted by molar-refractivity contribution is 6.01. The SMILES string of the molecule is CCN(CC)CCCCC(=O)n1ccc2cc(Oc3ccnc4cc(OC)c(C(N)=O)cc34)ccc21. The third kappa shape index (κ3) is 5.33. The zero-order valence-corrected chi connectivity index (χ0v) is 21.0. The highest BCUT2D eigenvalue weighted by Gasteiger charge is 2.15. The molecule has 0 aliphatic carbocycles. The molecule has 0 spiro atoms. The first-order chi connectivity index (χ1) is 17.4. The highest BCUT2D eigenvalue weighted by Crippen LogP contribution is 2.34. The van der Waals surface area contributed by atoms with Crippen LogP contribution in [0.3, 0.4) is 0 Å². The number of benzene rings is 2. The van der Waals surface area contributed by atoms with Gasteiger partial charge in [-0.1, -0.05) is 13.8 Å². The number of hydrogen-bond donors (Lipinski definition) is 1. The molecular formula is C28H32N4O4. The Bertz CT molecular complexity index is 1390. The van der Waals surface area contributed by atoms with E-state index in [0.29, 0.717) is 34.6 Å². The standard InChI is InChI=1S/C28H32N4O4/c1-4-31(5-2)14-7-6-8-27(33)32-15-12-19-16-20(9-10-24(19)32)36-25-11-13-30-23-18-26(35-3)22(28(29)34)17-21(23)25/h9-13,15-18H,4-8,14H2,1-3H3,(H2,29,34). The number of unbranched alkanes of at least 4 members (excludes halogenated alkanes) is 1. The Kier molecular flexibility index (Phi) is 7.85. The maximum absolute atomic E-state index is 12.8. The third-order valence-electron chi connectivity index (χ3n) is 6.46. The van der Waals surface area contributed by atoms with Crippen molar-refractivity contribution in [3.63, 3.8) is 0 Å². The Balaban J connectivity index is 1.52. The Morgan fingerprint density at radius 2 is 1.83 bits per heavy atom. The number of aromatic nitrogens is 2. The molecule has 2 aromatic heterocycles. The molecule has 2 heterocycles. The van der Waals surface area contributed by atoms with Gasteiger partial charge in [0.2, 0.25) is 5.91 Å². The Hall–Kier alpha value is -3.91. The van der Waals surface area contributed by atoms with Crippen molar-refractivity contribution >= 4 is 33.6 Å². The molecule has 0 unspecified atom stereocenters. The quantitative estimate of drug-likeness (QED) is 0.290. The van der Waals surface area contributed by atoms with Crippen LogP contribution in [0.4, 0.5) is 0 Å². The van der Waals surface area contributed by atoms with Gasteiger partial charge in [-0.25, -0.2) is 0 Å². The smallest absolute Gasteiger partial charge is 0.252 e. The van der Waals surface area contributed by atoms with Crippen molar-refractivity contribution < 1.29 is 19.1 Å². The largest absolute Gasteiger partial charge is 0.496 e. The molecule has 0 fully saturated rings. The lowest BCUT2D eigenvalue weighted by molar-refractivity contribution is 0.0902. The minimum atomic E-state index is -0.593. The molecule has 188 valence electrons. The summed E-state index contributed by atoms with van der Waals surface area (Å²) in [7, 11) is 1.48. The first kappa shape index (κ1) is 25.2. The molecule has 4 rings (SSSR count). The van der Waals surface area contributed by atoms with Gasteiger partial charge in [-0.2, -0.15) is 0 Å². The molecule has 8 heteroatoms. The zero-order valence-electron chi connectivity index (χ0n) is 21.0. The molecule has 0 saturated carbocycles. The molecule has 2 N–H and O–H groups in total. The summed E-state index contributed by atoms with van der Waals surface area (Å²) >= 11 is 0. The van der Waals surface area contributed by atoms with E-state index >= 15 is 0 Å². The number of nitrogens with two attached hydrogens (primary N) is 1. The first-order valence-electron chi connectivity index (χ1n) is 12.3. The molecule has 0 saturated heterocycles. The van der Waals surface area contributed by atoms with Crippen molar-refractivity contribution in [2.75, 3.05) is 26.7 Å². The summed E-state index contributed by atoms with van der Waals surface area (Å²) in [6.07, 6.45) is 5.83. The van der Waals surface area contributed by atoms with Crippen LogP contribution in [0.5, 0.6) is 17.2 Å². The number of pyridine rings is 1. The van der Waals surface area contributed by atoms with E-state index < -0.39 is 5.91 Å². The third-order valence-corrected chi connectivity index (χ3v) is 6.46. The van der Waals surface area contributed by atoms with E-state index in [1.54, 1.807) is 29.0 Å². The topological polar surface area (TPSA) is 99.7 Å². The van der Waals surface area contributed by atoms with Crippen LogP contribution in [-0.2, 0) is 0 Å². The van der Waals surface area contributed by atoms with Gasteiger partial charge in [-0.3, -0.25) is 19.1 Å². The molecule has 0 aliphatic heterocycles. The van der Waals surface area contributed by atoms with Crippen molar-refractivity contribution in [2.45, 2.75) is 33.1 Å². The molecule has 2 aromatic carbocycles. The van der Waals surface area contributed by atoms with E-state index in [1.807, 2.05) is 30.5 Å².